The lowest BCUT2D eigenvalue weighted by atomic mass is 10.2. The summed E-state index contributed by atoms with van der Waals surface area (Å²) < 4.78 is 0. The molecule has 0 aliphatic carbocycles. The van der Waals surface area contributed by atoms with Crippen LogP contribution in [0.25, 0.3) is 0 Å². The summed E-state index contributed by atoms with van der Waals surface area (Å²) in [6, 6.07) is 0.317. The lowest BCUT2D eigenvalue weighted by Gasteiger charge is -2.22. The van der Waals surface area contributed by atoms with Crippen molar-refractivity contribution in [3.63, 3.8) is 0 Å². The molecule has 1 amide bonds. The molecule has 1 aliphatic rings. The zero-order valence-electron chi connectivity index (χ0n) is 7.08. The van der Waals surface area contributed by atoms with Crippen LogP contribution in [0, 0.1) is 0 Å². The Kier molecular flexibility index (Phi) is 2.46. The van der Waals surface area contributed by atoms with Gasteiger partial charge in [-0.3, -0.25) is 10.6 Å². The minimum Gasteiger partial charge on any atom is -0.342 e. The number of hydrazine groups is 1. The van der Waals surface area contributed by atoms with E-state index in [0.717, 1.165) is 19.5 Å². The molecule has 1 rings (SSSR count). The van der Waals surface area contributed by atoms with Crippen molar-refractivity contribution in [1.82, 2.24) is 9.91 Å². The molecule has 1 fully saturated rings. The Hall–Kier alpha value is -0.610. The van der Waals surface area contributed by atoms with Gasteiger partial charge < -0.3 is 4.90 Å². The first-order valence-electron chi connectivity index (χ1n) is 3.84. The fraction of sp³-hybridized carbons (Fsp3) is 0.857. The van der Waals surface area contributed by atoms with Crippen molar-refractivity contribution >= 4 is 5.91 Å². The van der Waals surface area contributed by atoms with Crippen LogP contribution < -0.4 is 5.84 Å². The van der Waals surface area contributed by atoms with Crippen molar-refractivity contribution in [2.45, 2.75) is 19.4 Å². The molecule has 0 bridgehead atoms. The summed E-state index contributed by atoms with van der Waals surface area (Å²) in [5, 5.41) is 1.75. The quantitative estimate of drug-likeness (QED) is 0.518. The minimum absolute atomic E-state index is 0.116. The number of nitrogens with zero attached hydrogens (tertiary/aromatic N) is 2. The van der Waals surface area contributed by atoms with Gasteiger partial charge in [0.2, 0.25) is 5.91 Å². The Morgan fingerprint density at radius 1 is 1.73 bits per heavy atom. The molecule has 1 heterocycles. The average molecular weight is 157 g/mol. The van der Waals surface area contributed by atoms with Gasteiger partial charge in [-0.25, -0.2) is 5.01 Å². The van der Waals surface area contributed by atoms with Gasteiger partial charge in [0.25, 0.3) is 0 Å². The standard InChI is InChI=1S/C7H15N3O/c1-6(11)9(2)7-3-4-10(8)5-7/h7H,3-5,8H2,1-2H3. The number of hydrogen-bond acceptors (Lipinski definition) is 3. The van der Waals surface area contributed by atoms with Crippen LogP contribution in [-0.4, -0.2) is 42.0 Å². The number of hydrogen-bond donors (Lipinski definition) is 1. The maximum Gasteiger partial charge on any atom is 0.219 e. The van der Waals surface area contributed by atoms with Gasteiger partial charge in [-0.1, -0.05) is 0 Å². The molecule has 2 N–H and O–H groups in total. The highest BCUT2D eigenvalue weighted by Crippen LogP contribution is 2.10. The van der Waals surface area contributed by atoms with Crippen molar-refractivity contribution in [1.29, 1.82) is 0 Å². The molecule has 0 aromatic carbocycles. The van der Waals surface area contributed by atoms with Gasteiger partial charge in [-0.05, 0) is 6.42 Å². The van der Waals surface area contributed by atoms with E-state index in [2.05, 4.69) is 0 Å². The molecule has 1 unspecified atom stereocenters. The van der Waals surface area contributed by atoms with E-state index in [1.54, 1.807) is 16.8 Å². The molecule has 0 aromatic heterocycles. The highest BCUT2D eigenvalue weighted by atomic mass is 16.2. The third-order valence-corrected chi connectivity index (χ3v) is 2.24. The SMILES string of the molecule is CC(=O)N(C)C1CCN(N)C1. The fourth-order valence-corrected chi connectivity index (χ4v) is 1.34. The van der Waals surface area contributed by atoms with Crippen molar-refractivity contribution in [3.8, 4) is 0 Å². The topological polar surface area (TPSA) is 49.6 Å². The van der Waals surface area contributed by atoms with E-state index < -0.39 is 0 Å². The molecular formula is C7H15N3O. The Balaban J connectivity index is 2.43. The van der Waals surface area contributed by atoms with Gasteiger partial charge in [0.1, 0.15) is 0 Å². The van der Waals surface area contributed by atoms with E-state index >= 15 is 0 Å². The highest BCUT2D eigenvalue weighted by Gasteiger charge is 2.24. The van der Waals surface area contributed by atoms with Crippen molar-refractivity contribution in [2.75, 3.05) is 20.1 Å². The van der Waals surface area contributed by atoms with E-state index in [9.17, 15) is 4.79 Å². The first-order chi connectivity index (χ1) is 5.11. The third-order valence-electron chi connectivity index (χ3n) is 2.24. The van der Waals surface area contributed by atoms with Crippen LogP contribution in [0.3, 0.4) is 0 Å². The van der Waals surface area contributed by atoms with E-state index in [-0.39, 0.29) is 5.91 Å². The molecule has 0 radical (unpaired) electrons. The van der Waals surface area contributed by atoms with Gasteiger partial charge >= 0.3 is 0 Å². The van der Waals surface area contributed by atoms with E-state index in [4.69, 9.17) is 5.84 Å². The van der Waals surface area contributed by atoms with Crippen LogP contribution in [0.2, 0.25) is 0 Å². The van der Waals surface area contributed by atoms with Crippen LogP contribution in [0.4, 0.5) is 0 Å². The van der Waals surface area contributed by atoms with Gasteiger partial charge in [0.05, 0.1) is 0 Å². The van der Waals surface area contributed by atoms with Crippen molar-refractivity contribution < 1.29 is 4.79 Å². The maximum atomic E-state index is 10.9. The van der Waals surface area contributed by atoms with Gasteiger partial charge in [0, 0.05) is 33.1 Å². The predicted octanol–water partition coefficient (Wildman–Crippen LogP) is -0.587. The fourth-order valence-electron chi connectivity index (χ4n) is 1.34. The second kappa shape index (κ2) is 3.19. The Morgan fingerprint density at radius 2 is 2.36 bits per heavy atom. The summed E-state index contributed by atoms with van der Waals surface area (Å²) in [5.74, 6) is 5.67. The second-order valence-electron chi connectivity index (χ2n) is 3.07. The average Bonchev–Trinajstić information content (AvgIpc) is 2.34. The van der Waals surface area contributed by atoms with E-state index in [1.807, 2.05) is 7.05 Å². The molecule has 0 saturated carbocycles. The lowest BCUT2D eigenvalue weighted by Crippen LogP contribution is -2.39. The monoisotopic (exact) mass is 157 g/mol. The zero-order valence-corrected chi connectivity index (χ0v) is 7.08. The highest BCUT2D eigenvalue weighted by molar-refractivity contribution is 5.73. The smallest absolute Gasteiger partial charge is 0.219 e. The van der Waals surface area contributed by atoms with Crippen molar-refractivity contribution in [3.05, 3.63) is 0 Å². The Bertz CT molecular complexity index is 160. The Labute approximate surface area is 66.9 Å². The van der Waals surface area contributed by atoms with Crippen LogP contribution in [-0.2, 0) is 4.79 Å². The largest absolute Gasteiger partial charge is 0.342 e. The molecular weight excluding hydrogens is 142 g/mol. The minimum atomic E-state index is 0.116. The van der Waals surface area contributed by atoms with Crippen LogP contribution in [0.15, 0.2) is 0 Å². The number of carbonyl (C=O) groups excluding carboxylic acids is 1. The van der Waals surface area contributed by atoms with Gasteiger partial charge in [-0.15, -0.1) is 0 Å². The lowest BCUT2D eigenvalue weighted by molar-refractivity contribution is -0.129. The molecule has 4 heteroatoms. The third kappa shape index (κ3) is 1.91. The normalized spacial score (nSPS) is 25.5. The molecule has 0 aromatic rings. The number of amides is 1. The second-order valence-corrected chi connectivity index (χ2v) is 3.07. The molecule has 1 atom stereocenters. The first kappa shape index (κ1) is 8.49. The molecule has 11 heavy (non-hydrogen) atoms. The van der Waals surface area contributed by atoms with Crippen LogP contribution in [0.5, 0.6) is 0 Å². The van der Waals surface area contributed by atoms with E-state index in [1.165, 1.54) is 0 Å². The maximum absolute atomic E-state index is 10.9. The molecule has 1 aliphatic heterocycles. The zero-order chi connectivity index (χ0) is 8.43. The Morgan fingerprint density at radius 3 is 2.73 bits per heavy atom. The summed E-state index contributed by atoms with van der Waals surface area (Å²) in [6.45, 7) is 3.28. The molecule has 64 valence electrons. The number of likely N-dealkylation sites (N-methyl/N-ethyl adjacent to an activating group) is 1. The van der Waals surface area contributed by atoms with E-state index in [0.29, 0.717) is 6.04 Å². The number of carbonyl (C=O) groups is 1. The molecule has 1 saturated heterocycles. The summed E-state index contributed by atoms with van der Waals surface area (Å²) >= 11 is 0. The molecule has 4 nitrogen and oxygen atoms in total. The summed E-state index contributed by atoms with van der Waals surface area (Å²) in [7, 11) is 1.83. The van der Waals surface area contributed by atoms with Crippen molar-refractivity contribution in [2.24, 2.45) is 5.84 Å². The predicted molar refractivity (Wildman–Crippen MR) is 42.6 cm³/mol. The number of rotatable bonds is 1. The molecule has 0 spiro atoms. The summed E-state index contributed by atoms with van der Waals surface area (Å²) in [4.78, 5) is 12.7. The van der Waals surface area contributed by atoms with Gasteiger partial charge in [0.15, 0.2) is 0 Å². The van der Waals surface area contributed by atoms with Crippen LogP contribution in [0.1, 0.15) is 13.3 Å². The summed E-state index contributed by atoms with van der Waals surface area (Å²) in [6.07, 6.45) is 0.993. The number of nitrogens with two attached hydrogens (primary N) is 1. The summed E-state index contributed by atoms with van der Waals surface area (Å²) in [5.41, 5.74) is 0. The van der Waals surface area contributed by atoms with Crippen LogP contribution >= 0.6 is 0 Å². The van der Waals surface area contributed by atoms with Gasteiger partial charge in [-0.2, -0.15) is 0 Å². The first-order valence-corrected chi connectivity index (χ1v) is 3.84.